The fourth-order valence-corrected chi connectivity index (χ4v) is 11.5. The second-order valence-corrected chi connectivity index (χ2v) is 26.7. The van der Waals surface area contributed by atoms with Crippen molar-refractivity contribution >= 4 is 19.8 Å². The molecular formula is C68H137NO8P+. The average Bonchev–Trinajstić information content (AvgIpc) is 3.41. The highest BCUT2D eigenvalue weighted by Gasteiger charge is 2.27. The molecule has 0 aromatic carbocycles. The van der Waals surface area contributed by atoms with Gasteiger partial charge < -0.3 is 18.9 Å². The summed E-state index contributed by atoms with van der Waals surface area (Å²) in [7, 11) is 1.50. The average molecular weight is 1130 g/mol. The number of hydrogen-bond acceptors (Lipinski definition) is 7. The predicted molar refractivity (Wildman–Crippen MR) is 335 cm³/mol. The van der Waals surface area contributed by atoms with Gasteiger partial charge in [0.05, 0.1) is 27.7 Å². The Kier molecular flexibility index (Phi) is 59.8. The van der Waals surface area contributed by atoms with Crippen LogP contribution in [0.2, 0.25) is 0 Å². The van der Waals surface area contributed by atoms with Crippen molar-refractivity contribution in [1.29, 1.82) is 0 Å². The monoisotopic (exact) mass is 1130 g/mol. The van der Waals surface area contributed by atoms with Gasteiger partial charge in [0, 0.05) is 12.8 Å². The molecule has 466 valence electrons. The maximum Gasteiger partial charge on any atom is 0.472 e. The van der Waals surface area contributed by atoms with E-state index >= 15 is 0 Å². The minimum absolute atomic E-state index is 0.0375. The van der Waals surface area contributed by atoms with E-state index < -0.39 is 26.5 Å². The summed E-state index contributed by atoms with van der Waals surface area (Å²) >= 11 is 0. The van der Waals surface area contributed by atoms with E-state index in [1.807, 2.05) is 21.1 Å². The molecule has 2 unspecified atom stereocenters. The molecule has 0 fully saturated rings. The van der Waals surface area contributed by atoms with E-state index in [0.29, 0.717) is 17.4 Å². The van der Waals surface area contributed by atoms with E-state index in [-0.39, 0.29) is 25.6 Å². The lowest BCUT2D eigenvalue weighted by atomic mass is 10.0. The zero-order valence-corrected chi connectivity index (χ0v) is 54.1. The van der Waals surface area contributed by atoms with Gasteiger partial charge in [0.2, 0.25) is 0 Å². The van der Waals surface area contributed by atoms with Crippen molar-refractivity contribution < 1.29 is 42.1 Å². The molecule has 0 heterocycles. The van der Waals surface area contributed by atoms with E-state index in [0.717, 1.165) is 38.5 Å². The quantitative estimate of drug-likeness (QED) is 0.0278. The Morgan fingerprint density at radius 2 is 0.577 bits per heavy atom. The molecule has 0 aromatic rings. The number of esters is 2. The molecule has 0 amide bonds. The highest BCUT2D eigenvalue weighted by atomic mass is 31.2. The molecule has 0 saturated heterocycles. The molecule has 0 spiro atoms. The van der Waals surface area contributed by atoms with Gasteiger partial charge in [0.1, 0.15) is 19.8 Å². The van der Waals surface area contributed by atoms with Crippen molar-refractivity contribution in [3.63, 3.8) is 0 Å². The van der Waals surface area contributed by atoms with Crippen LogP contribution in [0, 0.1) is 0 Å². The van der Waals surface area contributed by atoms with Gasteiger partial charge in [-0.2, -0.15) is 0 Å². The molecule has 2 atom stereocenters. The second-order valence-electron chi connectivity index (χ2n) is 25.3. The lowest BCUT2D eigenvalue weighted by molar-refractivity contribution is -0.870. The van der Waals surface area contributed by atoms with E-state index in [1.54, 1.807) is 0 Å². The smallest absolute Gasteiger partial charge is 0.462 e. The number of unbranched alkanes of at least 4 members (excludes halogenated alkanes) is 52. The van der Waals surface area contributed by atoms with Crippen molar-refractivity contribution in [3.8, 4) is 0 Å². The molecule has 10 heteroatoms. The Morgan fingerprint density at radius 1 is 0.346 bits per heavy atom. The SMILES string of the molecule is CCCCCCCCCCCCCCCCCCCCCCCCCCCCCCCCCCCCCCCCCC(=O)OC(COC(=O)CCCCCCCCCCCCCCCCC)COP(=O)(O)OCC[N+](C)(C)C. The van der Waals surface area contributed by atoms with Gasteiger partial charge in [0.25, 0.3) is 0 Å². The topological polar surface area (TPSA) is 108 Å². The number of quaternary nitrogens is 1. The van der Waals surface area contributed by atoms with Crippen LogP contribution in [0.15, 0.2) is 0 Å². The third kappa shape index (κ3) is 64.2. The summed E-state index contributed by atoms with van der Waals surface area (Å²) in [5.41, 5.74) is 0. The molecule has 78 heavy (non-hydrogen) atoms. The zero-order chi connectivity index (χ0) is 57.0. The molecule has 0 aromatic heterocycles. The van der Waals surface area contributed by atoms with Crippen LogP contribution in [0.1, 0.15) is 373 Å². The Morgan fingerprint density at radius 3 is 0.821 bits per heavy atom. The highest BCUT2D eigenvalue weighted by molar-refractivity contribution is 7.47. The van der Waals surface area contributed by atoms with Crippen LogP contribution < -0.4 is 0 Å². The van der Waals surface area contributed by atoms with Crippen LogP contribution in [0.4, 0.5) is 0 Å². The first-order chi connectivity index (χ1) is 38.0. The normalized spacial score (nSPS) is 13.1. The number of phosphoric ester groups is 1. The number of nitrogens with zero attached hydrogens (tertiary/aromatic N) is 1. The highest BCUT2D eigenvalue weighted by Crippen LogP contribution is 2.43. The van der Waals surface area contributed by atoms with E-state index in [2.05, 4.69) is 13.8 Å². The van der Waals surface area contributed by atoms with E-state index in [1.165, 1.54) is 308 Å². The minimum Gasteiger partial charge on any atom is -0.462 e. The number of hydrogen-bond donors (Lipinski definition) is 1. The van der Waals surface area contributed by atoms with Crippen molar-refractivity contribution in [1.82, 2.24) is 0 Å². The number of likely N-dealkylation sites (N-methyl/N-ethyl adjacent to an activating group) is 1. The first-order valence-corrected chi connectivity index (χ1v) is 36.3. The molecule has 1 N–H and O–H groups in total. The van der Waals surface area contributed by atoms with Crippen molar-refractivity contribution in [2.45, 2.75) is 380 Å². The molecule has 0 aliphatic rings. The van der Waals surface area contributed by atoms with Crippen molar-refractivity contribution in [2.24, 2.45) is 0 Å². The molecule has 9 nitrogen and oxygen atoms in total. The lowest BCUT2D eigenvalue weighted by Crippen LogP contribution is -2.37. The Bertz CT molecular complexity index is 1280. The van der Waals surface area contributed by atoms with Gasteiger partial charge >= 0.3 is 19.8 Å². The molecule has 0 rings (SSSR count). The van der Waals surface area contributed by atoms with Crippen LogP contribution in [0.3, 0.4) is 0 Å². The first kappa shape index (κ1) is 77.0. The maximum absolute atomic E-state index is 12.8. The Balaban J connectivity index is 3.83. The summed E-state index contributed by atoms with van der Waals surface area (Å²) < 4.78 is 34.6. The number of carbonyl (C=O) groups excluding carboxylic acids is 2. The van der Waals surface area contributed by atoms with Gasteiger partial charge in [-0.25, -0.2) is 4.57 Å². The maximum atomic E-state index is 12.8. The Labute approximate surface area is 486 Å². The van der Waals surface area contributed by atoms with Crippen LogP contribution >= 0.6 is 7.82 Å². The molecule has 0 bridgehead atoms. The molecule has 0 aliphatic heterocycles. The number of ether oxygens (including phenoxy) is 2. The van der Waals surface area contributed by atoms with Crippen LogP contribution in [-0.4, -0.2) is 74.9 Å². The summed E-state index contributed by atoms with van der Waals surface area (Å²) in [6.45, 7) is 4.51. The number of phosphoric acid groups is 1. The minimum atomic E-state index is -4.38. The summed E-state index contributed by atoms with van der Waals surface area (Å²) in [6, 6.07) is 0. The summed E-state index contributed by atoms with van der Waals surface area (Å²) in [6.07, 6.45) is 72.4. The molecule has 0 aliphatic carbocycles. The Hall–Kier alpha value is -0.990. The fourth-order valence-electron chi connectivity index (χ4n) is 10.8. The van der Waals surface area contributed by atoms with Crippen LogP contribution in [-0.2, 0) is 32.7 Å². The third-order valence-electron chi connectivity index (χ3n) is 16.1. The summed E-state index contributed by atoms with van der Waals surface area (Å²) in [5.74, 6) is -0.772. The second kappa shape index (κ2) is 60.6. The van der Waals surface area contributed by atoms with Crippen molar-refractivity contribution in [2.75, 3.05) is 47.5 Å². The first-order valence-electron chi connectivity index (χ1n) is 34.8. The zero-order valence-electron chi connectivity index (χ0n) is 53.2. The third-order valence-corrected chi connectivity index (χ3v) is 17.1. The standard InChI is InChI=1S/C68H136NO8P/c1-6-8-10-12-14-16-18-20-22-23-24-25-26-27-28-29-30-31-32-33-34-35-36-37-38-39-40-41-42-43-44-45-47-49-51-53-55-57-59-61-68(71)77-66(65-76-78(72,73)75-63-62-69(3,4)5)64-74-67(70)60-58-56-54-52-50-48-46-21-19-17-15-13-11-9-7-2/h66H,6-65H2,1-5H3/p+1. The fraction of sp³-hybridized carbons (Fsp3) is 0.971. The van der Waals surface area contributed by atoms with Gasteiger partial charge in [-0.15, -0.1) is 0 Å². The van der Waals surface area contributed by atoms with Gasteiger partial charge in [-0.3, -0.25) is 18.6 Å². The van der Waals surface area contributed by atoms with E-state index in [9.17, 15) is 19.0 Å². The predicted octanol–water partition coefficient (Wildman–Crippen LogP) is 22.2. The van der Waals surface area contributed by atoms with Gasteiger partial charge in [0.15, 0.2) is 6.10 Å². The molecular weight excluding hydrogens is 990 g/mol. The lowest BCUT2D eigenvalue weighted by Gasteiger charge is -2.24. The van der Waals surface area contributed by atoms with Gasteiger partial charge in [-0.1, -0.05) is 348 Å². The van der Waals surface area contributed by atoms with Crippen LogP contribution in [0.25, 0.3) is 0 Å². The van der Waals surface area contributed by atoms with Crippen molar-refractivity contribution in [3.05, 3.63) is 0 Å². The number of carbonyl (C=O) groups is 2. The summed E-state index contributed by atoms with van der Waals surface area (Å²) in [4.78, 5) is 35.7. The van der Waals surface area contributed by atoms with Crippen LogP contribution in [0.5, 0.6) is 0 Å². The molecule has 0 saturated carbocycles. The number of rotatable bonds is 66. The molecule has 0 radical (unpaired) electrons. The largest absolute Gasteiger partial charge is 0.472 e. The van der Waals surface area contributed by atoms with E-state index in [4.69, 9.17) is 18.5 Å². The summed E-state index contributed by atoms with van der Waals surface area (Å²) in [5, 5.41) is 0. The van der Waals surface area contributed by atoms with Gasteiger partial charge in [-0.05, 0) is 12.8 Å².